The summed E-state index contributed by atoms with van der Waals surface area (Å²) in [6.45, 7) is 40.1. The molecule has 0 bridgehead atoms. The molecular formula is C70H100Br2ClN19O11S3. The van der Waals surface area contributed by atoms with E-state index in [4.69, 9.17) is 30.9 Å². The van der Waals surface area contributed by atoms with E-state index >= 15 is 0 Å². The molecular weight excluding hydrogens is 1570 g/mol. The van der Waals surface area contributed by atoms with Gasteiger partial charge in [0.1, 0.15) is 41.3 Å². The Balaban J connectivity index is 0.000000201. The molecule has 11 heterocycles. The lowest BCUT2D eigenvalue weighted by atomic mass is 9.97. The van der Waals surface area contributed by atoms with Crippen molar-refractivity contribution in [2.24, 2.45) is 55.5 Å². The van der Waals surface area contributed by atoms with Crippen LogP contribution in [0.1, 0.15) is 171 Å². The molecule has 3 aliphatic rings. The van der Waals surface area contributed by atoms with Crippen LogP contribution in [0.3, 0.4) is 0 Å². The second-order valence-electron chi connectivity index (χ2n) is 31.4. The van der Waals surface area contributed by atoms with E-state index in [2.05, 4.69) is 200 Å². The van der Waals surface area contributed by atoms with Crippen LogP contribution < -0.4 is 39.4 Å². The third kappa shape index (κ3) is 22.6. The van der Waals surface area contributed by atoms with E-state index in [1.54, 1.807) is 101 Å². The van der Waals surface area contributed by atoms with Crippen LogP contribution in [0.25, 0.3) is 5.82 Å². The predicted molar refractivity (Wildman–Crippen MR) is 414 cm³/mol. The zero-order chi connectivity index (χ0) is 79.4. The molecule has 36 heteroatoms. The van der Waals surface area contributed by atoms with Crippen LogP contribution in [0, 0.1) is 49.4 Å². The number of nitrogens with two attached hydrogens (primary N) is 1. The Hall–Kier alpha value is -7.99. The summed E-state index contributed by atoms with van der Waals surface area (Å²) in [5.41, 5.74) is 7.05. The molecule has 5 N–H and O–H groups in total. The normalized spacial score (nSPS) is 17.5. The summed E-state index contributed by atoms with van der Waals surface area (Å²) in [5, 5.41) is 23.0. The molecule has 0 saturated carbocycles. The van der Waals surface area contributed by atoms with Gasteiger partial charge >= 0.3 is 0 Å². The van der Waals surface area contributed by atoms with Crippen LogP contribution in [0.4, 0.5) is 17.5 Å². The number of halogens is 3. The zero-order valence-electron chi connectivity index (χ0n) is 64.0. The summed E-state index contributed by atoms with van der Waals surface area (Å²) in [6.07, 6.45) is 10.5. The van der Waals surface area contributed by atoms with E-state index in [0.29, 0.717) is 93.9 Å². The number of ether oxygens (including phenoxy) is 2. The minimum absolute atomic E-state index is 0.00257. The predicted octanol–water partition coefficient (Wildman–Crippen LogP) is 11.2. The van der Waals surface area contributed by atoms with E-state index in [1.165, 1.54) is 32.6 Å². The first-order valence-corrected chi connectivity index (χ1v) is 41.0. The standard InChI is InChI=1S/C26H37N7O4S.C18H24BrN5O3S.C13H18BrN3O.C8H14N2O.C5H7ClN2O2S/c1-17-13-26(6,7)32(14-17)23-19(24(34)30-38(35,36)20-15-31(8)28-18(20)2)9-10-21(27-23)33-12-11-22(29-33)37-16-25(3,4)5;1-11-8-18(3,4)24(9-11)16-13(6-7-15(19)20-16)17(25)22-28(26,27)14-10-23(5)21-12(14)2;1-8-6-13(2,3)17(7-8)12-9(11(15)18)4-5-10(14)16-12;1-8(2,3)6-11-7-4-5-9-10-7;1-4-5(11(6,9)10)3-8(2)7-4/h9-12,15,17H,13-14,16H2,1-8H3,(H,30,34);6-7,10-11H,8-9H2,1-5H3,(H,22,25);4-5,8H,6-7H2,1-3H3,(H2,15,18);4-5H,6H2,1-3H3,(H,9,10);3H,1-2H3/t17-;11-;8-;;/m000../s1. The number of H-pyrrole nitrogens is 1. The van der Waals surface area contributed by atoms with Gasteiger partial charge in [-0.25, -0.2) is 59.4 Å². The number of nitrogens with zero attached hydrogens (tertiary/aromatic N) is 15. The first-order valence-electron chi connectivity index (χ1n) is 34.1. The van der Waals surface area contributed by atoms with Gasteiger partial charge in [-0.15, -0.1) is 5.10 Å². The third-order valence-electron chi connectivity index (χ3n) is 17.1. The fourth-order valence-electron chi connectivity index (χ4n) is 12.8. The summed E-state index contributed by atoms with van der Waals surface area (Å²) >= 11 is 6.71. The average Bonchev–Trinajstić information content (AvgIpc) is 1.54. The summed E-state index contributed by atoms with van der Waals surface area (Å²) < 4.78 is 95.7. The highest BCUT2D eigenvalue weighted by molar-refractivity contribution is 9.10. The molecule has 3 aliphatic heterocycles. The number of sulfonamides is 2. The van der Waals surface area contributed by atoms with Gasteiger partial charge in [0, 0.05) is 105 Å². The highest BCUT2D eigenvalue weighted by Gasteiger charge is 2.42. The number of aromatic amines is 1. The molecule has 0 radical (unpaired) electrons. The maximum absolute atomic E-state index is 13.4. The molecule has 106 heavy (non-hydrogen) atoms. The van der Waals surface area contributed by atoms with E-state index < -0.39 is 46.8 Å². The second kappa shape index (κ2) is 33.2. The Morgan fingerprint density at radius 2 is 0.943 bits per heavy atom. The minimum atomic E-state index is -4.14. The van der Waals surface area contributed by atoms with Crippen molar-refractivity contribution in [1.29, 1.82) is 0 Å². The molecule has 8 aromatic heterocycles. The number of hydrogen-bond acceptors (Lipinski definition) is 22. The van der Waals surface area contributed by atoms with Crippen molar-refractivity contribution in [2.75, 3.05) is 47.5 Å². The van der Waals surface area contributed by atoms with Gasteiger partial charge in [-0.2, -0.15) is 20.4 Å². The number of pyridine rings is 3. The topological polar surface area (TPSA) is 371 Å². The summed E-state index contributed by atoms with van der Waals surface area (Å²) in [7, 11) is -1.83. The van der Waals surface area contributed by atoms with E-state index in [0.717, 1.165) is 42.8 Å². The molecule has 11 rings (SSSR count). The Kier molecular flexibility index (Phi) is 26.7. The Morgan fingerprint density at radius 1 is 0.566 bits per heavy atom. The Morgan fingerprint density at radius 3 is 1.28 bits per heavy atom. The fraction of sp³-hybridized carbons (Fsp3) is 0.529. The van der Waals surface area contributed by atoms with Crippen molar-refractivity contribution in [3.05, 3.63) is 122 Å². The lowest BCUT2D eigenvalue weighted by Gasteiger charge is -2.34. The van der Waals surface area contributed by atoms with E-state index in [-0.39, 0.29) is 53.3 Å². The van der Waals surface area contributed by atoms with Crippen LogP contribution in [-0.4, -0.2) is 157 Å². The molecule has 3 amide bonds. The number of nitrogens with one attached hydrogen (secondary N) is 3. The van der Waals surface area contributed by atoms with Crippen LogP contribution in [0.2, 0.25) is 0 Å². The van der Waals surface area contributed by atoms with Gasteiger partial charge in [0.25, 0.3) is 46.8 Å². The van der Waals surface area contributed by atoms with E-state index in [1.807, 2.05) is 6.07 Å². The lowest BCUT2D eigenvalue weighted by Crippen LogP contribution is -2.41. The SMILES string of the molecule is CC(C)(C)COc1ccn[nH]1.C[C@@H]1CN(c2nc(Br)ccc2C(N)=O)C(C)(C)C1.Cc1nn(C)cc1S(=O)(=O)Cl.Cc1nn(C)cc1S(=O)(=O)NC(=O)c1ccc(-n2ccc(OCC(C)(C)C)n2)nc1N1C[C@@H](C)CC1(C)C.Cc1nn(C)cc1S(=O)(=O)NC(=O)c1ccc(Br)nc1N1C[C@@H](C)CC1(C)C. The van der Waals surface area contributed by atoms with Crippen LogP contribution in [0.5, 0.6) is 11.8 Å². The van der Waals surface area contributed by atoms with Crippen LogP contribution in [-0.2, 0) is 50.2 Å². The zero-order valence-corrected chi connectivity index (χ0v) is 70.4. The molecule has 0 spiro atoms. The molecule has 580 valence electrons. The number of rotatable bonds is 16. The van der Waals surface area contributed by atoms with Gasteiger partial charge in [0.2, 0.25) is 11.8 Å². The van der Waals surface area contributed by atoms with Gasteiger partial charge in [-0.05, 0) is 178 Å². The number of carbonyl (C=O) groups is 3. The number of amides is 3. The quantitative estimate of drug-likeness (QED) is 0.0515. The molecule has 3 atom stereocenters. The molecule has 0 unspecified atom stereocenters. The highest BCUT2D eigenvalue weighted by atomic mass is 79.9. The van der Waals surface area contributed by atoms with Crippen LogP contribution >= 0.6 is 42.5 Å². The van der Waals surface area contributed by atoms with Gasteiger partial charge in [0.15, 0.2) is 5.82 Å². The highest BCUT2D eigenvalue weighted by Crippen LogP contribution is 2.41. The summed E-state index contributed by atoms with van der Waals surface area (Å²) in [6, 6.07) is 13.5. The second-order valence-corrected chi connectivity index (χ2v) is 38.9. The van der Waals surface area contributed by atoms with Gasteiger partial charge in [-0.3, -0.25) is 28.4 Å². The minimum Gasteiger partial charge on any atom is -0.477 e. The van der Waals surface area contributed by atoms with E-state index in [9.17, 15) is 39.6 Å². The molecule has 0 aliphatic carbocycles. The number of anilines is 3. The molecule has 0 aromatic carbocycles. The maximum atomic E-state index is 13.4. The van der Waals surface area contributed by atoms with Crippen molar-refractivity contribution in [1.82, 2.24) is 73.7 Å². The summed E-state index contributed by atoms with van der Waals surface area (Å²) in [5.74, 6) is 2.75. The third-order valence-corrected chi connectivity index (χ3v) is 22.2. The van der Waals surface area contributed by atoms with Crippen molar-refractivity contribution >= 4 is 107 Å². The van der Waals surface area contributed by atoms with Gasteiger partial charge < -0.3 is 29.9 Å². The van der Waals surface area contributed by atoms with Gasteiger partial charge in [0.05, 0.1) is 53.2 Å². The first-order chi connectivity index (χ1) is 48.8. The van der Waals surface area contributed by atoms with Crippen molar-refractivity contribution < 1.29 is 49.1 Å². The van der Waals surface area contributed by atoms with Crippen LogP contribution in [0.15, 0.2) is 103 Å². The number of carbonyl (C=O) groups excluding carboxylic acids is 3. The number of hydrogen-bond donors (Lipinski definition) is 4. The first kappa shape index (κ1) is 85.3. The van der Waals surface area contributed by atoms with Gasteiger partial charge in [-0.1, -0.05) is 62.3 Å². The molecule has 8 aromatic rings. The number of primary amides is 1. The fourth-order valence-corrected chi connectivity index (χ4v) is 16.9. The van der Waals surface area contributed by atoms with Crippen molar-refractivity contribution in [3.63, 3.8) is 0 Å². The Labute approximate surface area is 643 Å². The number of aromatic nitrogens is 13. The largest absolute Gasteiger partial charge is 0.477 e. The smallest absolute Gasteiger partial charge is 0.268 e. The lowest BCUT2D eigenvalue weighted by molar-refractivity contribution is 0.0972. The monoisotopic (exact) mass is 1670 g/mol. The number of aryl methyl sites for hydroxylation is 6. The maximum Gasteiger partial charge on any atom is 0.268 e. The van der Waals surface area contributed by atoms with Crippen molar-refractivity contribution in [2.45, 2.75) is 175 Å². The molecule has 3 fully saturated rings. The Bertz CT molecular complexity index is 4810. The molecule has 3 saturated heterocycles. The van der Waals surface area contributed by atoms with Crippen molar-refractivity contribution in [3.8, 4) is 17.6 Å². The average molecular weight is 1680 g/mol. The molecule has 30 nitrogen and oxygen atoms in total. The summed E-state index contributed by atoms with van der Waals surface area (Å²) in [4.78, 5) is 58.0.